The summed E-state index contributed by atoms with van der Waals surface area (Å²) >= 11 is 0. The Kier molecular flexibility index (Phi) is 15.5. The maximum Gasteiger partial charge on any atom is 0.253 e. The van der Waals surface area contributed by atoms with E-state index < -0.39 is 0 Å². The average molecular weight is 380 g/mol. The second-order valence-electron chi connectivity index (χ2n) is 8.26. The summed E-state index contributed by atoms with van der Waals surface area (Å²) in [6.45, 7) is 7.26. The second-order valence-corrected chi connectivity index (χ2v) is 8.26. The molecule has 0 spiro atoms. The molecule has 1 N–H and O–H groups in total. The lowest BCUT2D eigenvalue weighted by atomic mass is 10.1. The Morgan fingerprint density at radius 1 is 0.741 bits per heavy atom. The highest BCUT2D eigenvalue weighted by Gasteiger charge is 2.11. The Hall–Kier alpha value is -0.830. The summed E-state index contributed by atoms with van der Waals surface area (Å²) in [5.74, 6) is 1.42. The van der Waals surface area contributed by atoms with E-state index in [1.807, 2.05) is 0 Å². The van der Waals surface area contributed by atoms with Crippen molar-refractivity contribution in [3.05, 3.63) is 18.2 Å². The molecule has 1 heterocycles. The Morgan fingerprint density at radius 3 is 1.85 bits per heavy atom. The van der Waals surface area contributed by atoms with Gasteiger partial charge in [0.05, 0.1) is 13.1 Å². The molecule has 0 aromatic carbocycles. The Balaban J connectivity index is 2.03. The van der Waals surface area contributed by atoms with Crippen molar-refractivity contribution in [2.75, 3.05) is 6.61 Å². The monoisotopic (exact) mass is 379 g/mol. The van der Waals surface area contributed by atoms with E-state index >= 15 is 0 Å². The van der Waals surface area contributed by atoms with Gasteiger partial charge in [-0.05, 0) is 32.1 Å². The molecular weight excluding hydrogens is 332 g/mol. The summed E-state index contributed by atoms with van der Waals surface area (Å²) < 4.78 is 4.88. The standard InChI is InChI=1S/C24H47N2O/c1-3-4-5-6-7-10-13-16-19-25-21-22-26(24(25)2)20-17-14-11-8-9-12-15-18-23-27/h21-22,27H,3-20,23H2,1-2H3/q+1. The van der Waals surface area contributed by atoms with Crippen LogP contribution in [0.4, 0.5) is 0 Å². The number of rotatable bonds is 19. The number of aliphatic hydroxyl groups excluding tert-OH is 1. The minimum Gasteiger partial charge on any atom is -0.396 e. The molecule has 0 amide bonds. The van der Waals surface area contributed by atoms with E-state index in [9.17, 15) is 0 Å². The first-order chi connectivity index (χ1) is 13.3. The molecule has 0 radical (unpaired) electrons. The third-order valence-corrected chi connectivity index (χ3v) is 5.82. The molecule has 0 atom stereocenters. The highest BCUT2D eigenvalue weighted by molar-refractivity contribution is 4.79. The van der Waals surface area contributed by atoms with E-state index in [-0.39, 0.29) is 0 Å². The summed E-state index contributed by atoms with van der Waals surface area (Å²) in [4.78, 5) is 0. The van der Waals surface area contributed by atoms with Crippen molar-refractivity contribution in [2.45, 2.75) is 130 Å². The molecule has 158 valence electrons. The number of unbranched alkanes of at least 4 members (excludes halogenated alkanes) is 14. The van der Waals surface area contributed by atoms with Gasteiger partial charge in [-0.2, -0.15) is 0 Å². The summed E-state index contributed by atoms with van der Waals surface area (Å²) in [6.07, 6.45) is 25.8. The summed E-state index contributed by atoms with van der Waals surface area (Å²) in [5, 5.41) is 8.78. The van der Waals surface area contributed by atoms with Gasteiger partial charge in [0.1, 0.15) is 12.4 Å². The molecule has 0 fully saturated rings. The van der Waals surface area contributed by atoms with Gasteiger partial charge >= 0.3 is 0 Å². The zero-order chi connectivity index (χ0) is 19.6. The molecule has 0 bridgehead atoms. The van der Waals surface area contributed by atoms with E-state index in [4.69, 9.17) is 5.11 Å². The van der Waals surface area contributed by atoms with E-state index in [1.165, 1.54) is 115 Å². The first-order valence-corrected chi connectivity index (χ1v) is 12.0. The number of hydrogen-bond donors (Lipinski definition) is 1. The van der Waals surface area contributed by atoms with Gasteiger partial charge in [0, 0.05) is 13.5 Å². The van der Waals surface area contributed by atoms with Crippen LogP contribution in [-0.4, -0.2) is 16.3 Å². The molecule has 0 aliphatic carbocycles. The van der Waals surface area contributed by atoms with Crippen LogP contribution >= 0.6 is 0 Å². The highest BCUT2D eigenvalue weighted by atomic mass is 16.2. The number of aliphatic hydroxyl groups is 1. The van der Waals surface area contributed by atoms with Gasteiger partial charge in [-0.1, -0.05) is 77.6 Å². The second kappa shape index (κ2) is 17.3. The SMILES string of the molecule is CCCCCCCCCCn1cc[n+](CCCCCCCCCCO)c1C. The lowest BCUT2D eigenvalue weighted by molar-refractivity contribution is -0.702. The van der Waals surface area contributed by atoms with Crippen molar-refractivity contribution in [3.63, 3.8) is 0 Å². The fourth-order valence-corrected chi connectivity index (χ4v) is 3.88. The fourth-order valence-electron chi connectivity index (χ4n) is 3.88. The zero-order valence-electron chi connectivity index (χ0n) is 18.4. The number of imidazole rings is 1. The number of aromatic nitrogens is 2. The third kappa shape index (κ3) is 12.3. The first-order valence-electron chi connectivity index (χ1n) is 12.0. The van der Waals surface area contributed by atoms with Gasteiger partial charge in [0.25, 0.3) is 5.82 Å². The lowest BCUT2D eigenvalue weighted by Crippen LogP contribution is -2.35. The maximum atomic E-state index is 8.78. The maximum absolute atomic E-state index is 8.78. The van der Waals surface area contributed by atoms with Crippen molar-refractivity contribution in [2.24, 2.45) is 0 Å². The average Bonchev–Trinajstić information content (AvgIpc) is 3.02. The summed E-state index contributed by atoms with van der Waals surface area (Å²) in [5.41, 5.74) is 0. The van der Waals surface area contributed by atoms with Gasteiger partial charge < -0.3 is 5.11 Å². The Morgan fingerprint density at radius 2 is 1.26 bits per heavy atom. The van der Waals surface area contributed by atoms with Gasteiger partial charge in [-0.3, -0.25) is 0 Å². The molecule has 27 heavy (non-hydrogen) atoms. The Bertz CT molecular complexity index is 442. The normalized spacial score (nSPS) is 11.4. The number of aryl methyl sites for hydroxylation is 2. The van der Waals surface area contributed by atoms with Crippen molar-refractivity contribution in [3.8, 4) is 0 Å². The van der Waals surface area contributed by atoms with Crippen molar-refractivity contribution in [1.29, 1.82) is 0 Å². The molecule has 3 nitrogen and oxygen atoms in total. The molecule has 0 unspecified atom stereocenters. The zero-order valence-corrected chi connectivity index (χ0v) is 18.4. The van der Waals surface area contributed by atoms with E-state index in [0.29, 0.717) is 6.61 Å². The van der Waals surface area contributed by atoms with E-state index in [0.717, 1.165) is 6.42 Å². The van der Waals surface area contributed by atoms with Gasteiger partial charge in [0.2, 0.25) is 0 Å². The summed E-state index contributed by atoms with van der Waals surface area (Å²) in [6, 6.07) is 0. The summed E-state index contributed by atoms with van der Waals surface area (Å²) in [7, 11) is 0. The quantitative estimate of drug-likeness (QED) is 0.220. The van der Waals surface area contributed by atoms with Crippen LogP contribution in [0.15, 0.2) is 12.4 Å². The minimum atomic E-state index is 0.356. The van der Waals surface area contributed by atoms with Crippen LogP contribution in [0, 0.1) is 6.92 Å². The Labute approximate surface area is 169 Å². The number of nitrogens with zero attached hydrogens (tertiary/aromatic N) is 2. The van der Waals surface area contributed by atoms with Crippen LogP contribution in [0.2, 0.25) is 0 Å². The smallest absolute Gasteiger partial charge is 0.253 e. The molecule has 1 rings (SSSR count). The number of hydrogen-bond acceptors (Lipinski definition) is 1. The first kappa shape index (κ1) is 24.2. The van der Waals surface area contributed by atoms with Crippen LogP contribution in [0.1, 0.15) is 115 Å². The molecular formula is C24H47N2O+. The molecule has 1 aromatic rings. The van der Waals surface area contributed by atoms with Crippen LogP contribution < -0.4 is 4.57 Å². The van der Waals surface area contributed by atoms with Crippen LogP contribution in [0.5, 0.6) is 0 Å². The molecule has 0 saturated heterocycles. The minimum absolute atomic E-state index is 0.356. The van der Waals surface area contributed by atoms with Gasteiger partial charge in [-0.15, -0.1) is 0 Å². The highest BCUT2D eigenvalue weighted by Crippen LogP contribution is 2.10. The molecule has 3 heteroatoms. The molecule has 1 aromatic heterocycles. The third-order valence-electron chi connectivity index (χ3n) is 5.82. The predicted molar refractivity (Wildman–Crippen MR) is 116 cm³/mol. The molecule has 0 aliphatic rings. The van der Waals surface area contributed by atoms with Crippen molar-refractivity contribution >= 4 is 0 Å². The van der Waals surface area contributed by atoms with Crippen LogP contribution in [-0.2, 0) is 13.1 Å². The molecule has 0 aliphatic heterocycles. The van der Waals surface area contributed by atoms with E-state index in [2.05, 4.69) is 35.4 Å². The topological polar surface area (TPSA) is 29.0 Å². The van der Waals surface area contributed by atoms with Crippen LogP contribution in [0.25, 0.3) is 0 Å². The van der Waals surface area contributed by atoms with Gasteiger partial charge in [-0.25, -0.2) is 9.13 Å². The van der Waals surface area contributed by atoms with E-state index in [1.54, 1.807) is 0 Å². The molecule has 0 saturated carbocycles. The fraction of sp³-hybridized carbons (Fsp3) is 0.875. The van der Waals surface area contributed by atoms with Gasteiger partial charge in [0.15, 0.2) is 0 Å². The van der Waals surface area contributed by atoms with Crippen LogP contribution in [0.3, 0.4) is 0 Å². The van der Waals surface area contributed by atoms with Crippen molar-refractivity contribution < 1.29 is 9.67 Å². The largest absolute Gasteiger partial charge is 0.396 e. The van der Waals surface area contributed by atoms with Crippen molar-refractivity contribution in [1.82, 2.24) is 4.57 Å². The lowest BCUT2D eigenvalue weighted by Gasteiger charge is -2.03. The predicted octanol–water partition coefficient (Wildman–Crippen LogP) is 6.34.